The Morgan fingerprint density at radius 1 is 1.26 bits per heavy atom. The van der Waals surface area contributed by atoms with Gasteiger partial charge in [-0.15, -0.1) is 0 Å². The molecule has 4 heterocycles. The molecule has 0 radical (unpaired) electrons. The summed E-state index contributed by atoms with van der Waals surface area (Å²) in [6, 6.07) is 1.73. The highest BCUT2D eigenvalue weighted by Crippen LogP contribution is 2.39. The zero-order valence-corrected chi connectivity index (χ0v) is 21.3. The predicted molar refractivity (Wildman–Crippen MR) is 135 cm³/mol. The number of piperidine rings is 1. The van der Waals surface area contributed by atoms with E-state index in [0.29, 0.717) is 23.4 Å². The van der Waals surface area contributed by atoms with Gasteiger partial charge in [0.1, 0.15) is 11.2 Å². The fraction of sp³-hybridized carbons (Fsp3) is 0.417. The predicted octanol–water partition coefficient (Wildman–Crippen LogP) is 4.77. The molecule has 9 nitrogen and oxygen atoms in total. The first-order chi connectivity index (χ1) is 16.1. The number of carbonyl (C=O) groups is 2. The van der Waals surface area contributed by atoms with Crippen molar-refractivity contribution in [2.75, 3.05) is 23.3 Å². The Labute approximate surface area is 206 Å². The van der Waals surface area contributed by atoms with Gasteiger partial charge in [0.05, 0.1) is 26.8 Å². The minimum atomic E-state index is -0.552. The Bertz CT molecular complexity index is 1220. The molecule has 4 rings (SSSR count). The molecule has 1 aliphatic rings. The van der Waals surface area contributed by atoms with Crippen molar-refractivity contribution in [1.29, 1.82) is 0 Å². The number of ether oxygens (including phenoxy) is 1. The van der Waals surface area contributed by atoms with E-state index in [4.69, 9.17) is 4.74 Å². The molecule has 34 heavy (non-hydrogen) atoms. The molecule has 2 amide bonds. The number of halogens is 1. The Hall–Kier alpha value is -3.14. The molecule has 3 N–H and O–H groups in total. The standard InChI is InChI=1S/C24H29BrN6O3/c1-14-8-15(10-26-9-14)22(32)30-18-12-28-21-19(18)20(17(25)11-27-21)31-7-5-6-16(13-31)29-23(33)34-24(2,3)4/h8-12,16H,5-7,13H2,1-4H3,(H,27,28)(H,29,33)(H,30,32). The highest BCUT2D eigenvalue weighted by molar-refractivity contribution is 9.10. The summed E-state index contributed by atoms with van der Waals surface area (Å²) in [6.45, 7) is 8.85. The summed E-state index contributed by atoms with van der Waals surface area (Å²) < 4.78 is 6.24. The first kappa shape index (κ1) is 24.0. The number of H-pyrrole nitrogens is 1. The number of aryl methyl sites for hydroxylation is 1. The number of hydrogen-bond acceptors (Lipinski definition) is 6. The molecule has 10 heteroatoms. The molecule has 1 unspecified atom stereocenters. The van der Waals surface area contributed by atoms with Crippen molar-refractivity contribution in [3.8, 4) is 0 Å². The third-order valence-electron chi connectivity index (χ3n) is 5.47. The van der Waals surface area contributed by atoms with Crippen molar-refractivity contribution in [3.05, 3.63) is 46.5 Å². The molecule has 1 saturated heterocycles. The largest absolute Gasteiger partial charge is 0.444 e. The average molecular weight is 529 g/mol. The normalized spacial score (nSPS) is 16.4. The third-order valence-corrected chi connectivity index (χ3v) is 6.05. The molecule has 1 atom stereocenters. The van der Waals surface area contributed by atoms with Gasteiger partial charge in [0.2, 0.25) is 0 Å². The van der Waals surface area contributed by atoms with Crippen molar-refractivity contribution in [1.82, 2.24) is 20.3 Å². The van der Waals surface area contributed by atoms with Crippen molar-refractivity contribution in [3.63, 3.8) is 0 Å². The number of alkyl carbamates (subject to hydrolysis) is 1. The topological polar surface area (TPSA) is 112 Å². The van der Waals surface area contributed by atoms with Crippen LogP contribution in [0.15, 0.2) is 35.3 Å². The van der Waals surface area contributed by atoms with E-state index >= 15 is 0 Å². The van der Waals surface area contributed by atoms with E-state index in [0.717, 1.165) is 40.5 Å². The number of hydrogen-bond donors (Lipinski definition) is 3. The Morgan fingerprint density at radius 3 is 2.79 bits per heavy atom. The molecule has 0 spiro atoms. The molecular formula is C24H29BrN6O3. The van der Waals surface area contributed by atoms with Crippen LogP contribution < -0.4 is 15.5 Å². The van der Waals surface area contributed by atoms with E-state index in [-0.39, 0.29) is 11.9 Å². The highest BCUT2D eigenvalue weighted by atomic mass is 79.9. The van der Waals surface area contributed by atoms with Crippen molar-refractivity contribution in [2.45, 2.75) is 52.2 Å². The lowest BCUT2D eigenvalue weighted by Crippen LogP contribution is -2.49. The van der Waals surface area contributed by atoms with Gasteiger partial charge in [-0.25, -0.2) is 9.78 Å². The van der Waals surface area contributed by atoms with Crippen LogP contribution in [0.4, 0.5) is 16.2 Å². The molecule has 0 saturated carbocycles. The first-order valence-electron chi connectivity index (χ1n) is 11.2. The lowest BCUT2D eigenvalue weighted by molar-refractivity contribution is 0.0500. The van der Waals surface area contributed by atoms with E-state index < -0.39 is 11.7 Å². The lowest BCUT2D eigenvalue weighted by Gasteiger charge is -2.36. The second-order valence-electron chi connectivity index (χ2n) is 9.52. The van der Waals surface area contributed by atoms with Gasteiger partial charge in [-0.05, 0) is 68.1 Å². The SMILES string of the molecule is Cc1cncc(C(=O)Nc2c[nH]c3ncc(Br)c(N4CCCC(NC(=O)OC(C)(C)C)C4)c23)c1. The monoisotopic (exact) mass is 528 g/mol. The number of anilines is 2. The number of pyridine rings is 2. The van der Waals surface area contributed by atoms with Crippen molar-refractivity contribution < 1.29 is 14.3 Å². The second-order valence-corrected chi connectivity index (χ2v) is 10.4. The van der Waals surface area contributed by atoms with Crippen LogP contribution in [0, 0.1) is 6.92 Å². The summed E-state index contributed by atoms with van der Waals surface area (Å²) in [5, 5.41) is 6.80. The summed E-state index contributed by atoms with van der Waals surface area (Å²) in [7, 11) is 0. The fourth-order valence-corrected chi connectivity index (χ4v) is 4.66. The minimum Gasteiger partial charge on any atom is -0.444 e. The second kappa shape index (κ2) is 9.61. The number of amides is 2. The molecule has 1 fully saturated rings. The maximum Gasteiger partial charge on any atom is 0.407 e. The van der Waals surface area contributed by atoms with Gasteiger partial charge in [-0.2, -0.15) is 0 Å². The number of aromatic amines is 1. The van der Waals surface area contributed by atoms with Crippen LogP contribution >= 0.6 is 15.9 Å². The van der Waals surface area contributed by atoms with Gasteiger partial charge >= 0.3 is 6.09 Å². The number of rotatable bonds is 4. The van der Waals surface area contributed by atoms with Gasteiger partial charge in [-0.1, -0.05) is 0 Å². The van der Waals surface area contributed by atoms with Gasteiger partial charge < -0.3 is 25.3 Å². The van der Waals surface area contributed by atoms with E-state index in [2.05, 4.69) is 46.4 Å². The van der Waals surface area contributed by atoms with Crippen LogP contribution in [0.3, 0.4) is 0 Å². The van der Waals surface area contributed by atoms with E-state index in [1.54, 1.807) is 30.9 Å². The zero-order chi connectivity index (χ0) is 24.5. The zero-order valence-electron chi connectivity index (χ0n) is 19.7. The van der Waals surface area contributed by atoms with Gasteiger partial charge in [-0.3, -0.25) is 9.78 Å². The van der Waals surface area contributed by atoms with Crippen LogP contribution in [-0.2, 0) is 4.74 Å². The maximum absolute atomic E-state index is 12.9. The molecule has 0 bridgehead atoms. The lowest BCUT2D eigenvalue weighted by atomic mass is 10.0. The van der Waals surface area contributed by atoms with Crippen LogP contribution in [-0.4, -0.2) is 51.7 Å². The summed E-state index contributed by atoms with van der Waals surface area (Å²) in [5.41, 5.74) is 3.06. The van der Waals surface area contributed by atoms with Crippen molar-refractivity contribution in [2.24, 2.45) is 0 Å². The van der Waals surface area contributed by atoms with Gasteiger partial charge in [0, 0.05) is 43.9 Å². The van der Waals surface area contributed by atoms with Gasteiger partial charge in [0.15, 0.2) is 0 Å². The van der Waals surface area contributed by atoms with E-state index in [1.165, 1.54) is 0 Å². The Kier molecular flexibility index (Phi) is 6.79. The Balaban J connectivity index is 1.60. The third kappa shape index (κ3) is 5.49. The molecule has 0 aliphatic carbocycles. The Morgan fingerprint density at radius 2 is 2.06 bits per heavy atom. The number of carbonyl (C=O) groups excluding carboxylic acids is 2. The number of aromatic nitrogens is 3. The number of nitrogens with zero attached hydrogens (tertiary/aromatic N) is 3. The first-order valence-corrected chi connectivity index (χ1v) is 12.0. The number of fused-ring (bicyclic) bond motifs is 1. The molecule has 3 aromatic heterocycles. The molecule has 1 aliphatic heterocycles. The van der Waals surface area contributed by atoms with Crippen LogP contribution in [0.5, 0.6) is 0 Å². The summed E-state index contributed by atoms with van der Waals surface area (Å²) in [4.78, 5) is 39.2. The van der Waals surface area contributed by atoms with Gasteiger partial charge in [0.25, 0.3) is 5.91 Å². The summed E-state index contributed by atoms with van der Waals surface area (Å²) in [5.74, 6) is -0.244. The highest BCUT2D eigenvalue weighted by Gasteiger charge is 2.27. The van der Waals surface area contributed by atoms with Crippen LogP contribution in [0.2, 0.25) is 0 Å². The maximum atomic E-state index is 12.9. The fourth-order valence-electron chi connectivity index (χ4n) is 4.11. The summed E-state index contributed by atoms with van der Waals surface area (Å²) in [6.07, 6.45) is 8.09. The number of nitrogens with one attached hydrogen (secondary N) is 3. The van der Waals surface area contributed by atoms with Crippen molar-refractivity contribution >= 4 is 50.3 Å². The smallest absolute Gasteiger partial charge is 0.407 e. The van der Waals surface area contributed by atoms with Crippen LogP contribution in [0.1, 0.15) is 49.5 Å². The quantitative estimate of drug-likeness (QED) is 0.449. The van der Waals surface area contributed by atoms with Crippen LogP contribution in [0.25, 0.3) is 11.0 Å². The molecule has 3 aromatic rings. The minimum absolute atomic E-state index is 0.0610. The summed E-state index contributed by atoms with van der Waals surface area (Å²) >= 11 is 3.65. The van der Waals surface area contributed by atoms with E-state index in [1.807, 2.05) is 27.7 Å². The van der Waals surface area contributed by atoms with E-state index in [9.17, 15) is 9.59 Å². The molecule has 0 aromatic carbocycles. The average Bonchev–Trinajstić information content (AvgIpc) is 3.15. The molecular weight excluding hydrogens is 500 g/mol. The molecule has 180 valence electrons.